The summed E-state index contributed by atoms with van der Waals surface area (Å²) in [6.07, 6.45) is 3.49. The molecule has 2 aromatic heterocycles. The molecule has 0 unspecified atom stereocenters. The zero-order chi connectivity index (χ0) is 11.3. The van der Waals surface area contributed by atoms with E-state index < -0.39 is 5.97 Å². The van der Waals surface area contributed by atoms with Crippen LogP contribution in [0.25, 0.3) is 11.2 Å². The highest BCUT2D eigenvalue weighted by Gasteiger charge is 2.31. The van der Waals surface area contributed by atoms with Crippen molar-refractivity contribution in [2.45, 2.75) is 18.9 Å². The summed E-state index contributed by atoms with van der Waals surface area (Å²) in [5.41, 5.74) is 7.23. The predicted molar refractivity (Wildman–Crippen MR) is 57.2 cm³/mol. The summed E-state index contributed by atoms with van der Waals surface area (Å²) < 4.78 is 1.69. The van der Waals surface area contributed by atoms with Crippen LogP contribution in [0.3, 0.4) is 0 Å². The summed E-state index contributed by atoms with van der Waals surface area (Å²) in [7, 11) is 0. The first-order valence-corrected chi connectivity index (χ1v) is 5.03. The van der Waals surface area contributed by atoms with Crippen molar-refractivity contribution < 1.29 is 9.90 Å². The summed E-state index contributed by atoms with van der Waals surface area (Å²) in [6.45, 7) is 0. The summed E-state index contributed by atoms with van der Waals surface area (Å²) in [6, 6.07) is 1.88. The number of carboxylic acid groups (broad SMARTS) is 1. The van der Waals surface area contributed by atoms with Crippen molar-refractivity contribution in [3.63, 3.8) is 0 Å². The summed E-state index contributed by atoms with van der Waals surface area (Å²) in [5, 5.41) is 9.07. The van der Waals surface area contributed by atoms with Crippen molar-refractivity contribution in [2.75, 3.05) is 5.73 Å². The third-order valence-electron chi connectivity index (χ3n) is 2.65. The zero-order valence-electron chi connectivity index (χ0n) is 8.42. The number of aromatic nitrogens is 3. The van der Waals surface area contributed by atoms with E-state index in [4.69, 9.17) is 10.8 Å². The van der Waals surface area contributed by atoms with Gasteiger partial charge in [0.15, 0.2) is 5.65 Å². The van der Waals surface area contributed by atoms with Crippen LogP contribution in [0.5, 0.6) is 0 Å². The standard InChI is InChI=1S/C10H10N4O2/c11-5-3-7-8(12-4-5)14(6-1-2-6)9(13-7)10(15)16/h3-4,6H,1-2,11H2,(H,15,16). The molecular formula is C10H10N4O2. The Bertz CT molecular complexity index is 586. The minimum Gasteiger partial charge on any atom is -0.475 e. The molecule has 0 saturated heterocycles. The molecule has 0 radical (unpaired) electrons. The van der Waals surface area contributed by atoms with E-state index in [-0.39, 0.29) is 11.9 Å². The molecule has 0 spiro atoms. The highest BCUT2D eigenvalue weighted by atomic mass is 16.4. The number of hydrogen-bond donors (Lipinski definition) is 2. The van der Waals surface area contributed by atoms with Gasteiger partial charge in [-0.05, 0) is 18.9 Å². The van der Waals surface area contributed by atoms with Crippen LogP contribution in [0.2, 0.25) is 0 Å². The maximum Gasteiger partial charge on any atom is 0.372 e. The van der Waals surface area contributed by atoms with Crippen LogP contribution in [-0.4, -0.2) is 25.6 Å². The highest BCUT2D eigenvalue weighted by Crippen LogP contribution is 2.38. The lowest BCUT2D eigenvalue weighted by molar-refractivity contribution is 0.0678. The Morgan fingerprint density at radius 3 is 2.94 bits per heavy atom. The van der Waals surface area contributed by atoms with Crippen LogP contribution in [0, 0.1) is 0 Å². The van der Waals surface area contributed by atoms with Gasteiger partial charge in [0.25, 0.3) is 0 Å². The van der Waals surface area contributed by atoms with Gasteiger partial charge in [0.2, 0.25) is 5.82 Å². The molecule has 16 heavy (non-hydrogen) atoms. The third kappa shape index (κ3) is 1.23. The molecule has 0 amide bonds. The van der Waals surface area contributed by atoms with Gasteiger partial charge in [0.05, 0.1) is 11.9 Å². The molecule has 3 rings (SSSR count). The molecule has 3 N–H and O–H groups in total. The van der Waals surface area contributed by atoms with E-state index in [1.165, 1.54) is 6.20 Å². The molecule has 1 aliphatic carbocycles. The molecule has 0 bridgehead atoms. The number of imidazole rings is 1. The molecule has 6 heteroatoms. The summed E-state index contributed by atoms with van der Waals surface area (Å²) in [5.74, 6) is -0.973. The second-order valence-corrected chi connectivity index (χ2v) is 3.95. The Morgan fingerprint density at radius 2 is 2.31 bits per heavy atom. The number of anilines is 1. The van der Waals surface area contributed by atoms with Gasteiger partial charge in [-0.1, -0.05) is 0 Å². The van der Waals surface area contributed by atoms with Gasteiger partial charge in [0.1, 0.15) is 5.52 Å². The second-order valence-electron chi connectivity index (χ2n) is 3.95. The van der Waals surface area contributed by atoms with E-state index in [0.29, 0.717) is 16.9 Å². The Morgan fingerprint density at radius 1 is 1.56 bits per heavy atom. The molecule has 0 aliphatic heterocycles. The first-order chi connectivity index (χ1) is 7.66. The highest BCUT2D eigenvalue weighted by molar-refractivity contribution is 5.89. The van der Waals surface area contributed by atoms with Gasteiger partial charge in [-0.2, -0.15) is 0 Å². The number of hydrogen-bond acceptors (Lipinski definition) is 4. The molecule has 2 aromatic rings. The van der Waals surface area contributed by atoms with E-state index in [1.54, 1.807) is 10.6 Å². The second kappa shape index (κ2) is 2.94. The Balaban J connectivity index is 2.32. The predicted octanol–water partition coefficient (Wildman–Crippen LogP) is 1.05. The fourth-order valence-corrected chi connectivity index (χ4v) is 1.83. The Labute approximate surface area is 90.7 Å². The molecule has 0 aromatic carbocycles. The van der Waals surface area contributed by atoms with Crippen LogP contribution in [0.4, 0.5) is 5.69 Å². The van der Waals surface area contributed by atoms with Crippen LogP contribution < -0.4 is 5.73 Å². The van der Waals surface area contributed by atoms with Gasteiger partial charge < -0.3 is 10.8 Å². The SMILES string of the molecule is Nc1cnc2c(c1)nc(C(=O)O)n2C1CC1. The number of nitrogens with two attached hydrogens (primary N) is 1. The van der Waals surface area contributed by atoms with Crippen molar-refractivity contribution in [2.24, 2.45) is 0 Å². The number of carbonyl (C=O) groups is 1. The van der Waals surface area contributed by atoms with Crippen LogP contribution in [0.1, 0.15) is 29.5 Å². The fraction of sp³-hybridized carbons (Fsp3) is 0.300. The molecule has 1 fully saturated rings. The molecule has 1 saturated carbocycles. The maximum absolute atomic E-state index is 11.1. The first kappa shape index (κ1) is 9.14. The number of fused-ring (bicyclic) bond motifs is 1. The van der Waals surface area contributed by atoms with Crippen molar-refractivity contribution in [1.82, 2.24) is 14.5 Å². The lowest BCUT2D eigenvalue weighted by Crippen LogP contribution is -2.08. The lowest BCUT2D eigenvalue weighted by atomic mass is 10.4. The van der Waals surface area contributed by atoms with Crippen LogP contribution >= 0.6 is 0 Å². The van der Waals surface area contributed by atoms with E-state index in [2.05, 4.69) is 9.97 Å². The molecule has 0 atom stereocenters. The monoisotopic (exact) mass is 218 g/mol. The van der Waals surface area contributed by atoms with Crippen molar-refractivity contribution in [3.8, 4) is 0 Å². The van der Waals surface area contributed by atoms with Crippen molar-refractivity contribution in [3.05, 3.63) is 18.1 Å². The molecule has 82 valence electrons. The number of carboxylic acids is 1. The molecule has 1 aliphatic rings. The van der Waals surface area contributed by atoms with Gasteiger partial charge >= 0.3 is 5.97 Å². The molecule has 2 heterocycles. The minimum absolute atomic E-state index is 0.0515. The average molecular weight is 218 g/mol. The van der Waals surface area contributed by atoms with Gasteiger partial charge in [-0.25, -0.2) is 14.8 Å². The maximum atomic E-state index is 11.1. The fourth-order valence-electron chi connectivity index (χ4n) is 1.83. The van der Waals surface area contributed by atoms with E-state index in [0.717, 1.165) is 12.8 Å². The minimum atomic E-state index is -1.02. The quantitative estimate of drug-likeness (QED) is 0.785. The molecule has 6 nitrogen and oxygen atoms in total. The Kier molecular flexibility index (Phi) is 1.68. The Hall–Kier alpha value is -2.11. The smallest absolute Gasteiger partial charge is 0.372 e. The number of rotatable bonds is 2. The normalized spacial score (nSPS) is 15.5. The first-order valence-electron chi connectivity index (χ1n) is 5.03. The number of nitrogen functional groups attached to an aromatic ring is 1. The van der Waals surface area contributed by atoms with Crippen LogP contribution in [-0.2, 0) is 0 Å². The number of pyridine rings is 1. The topological polar surface area (TPSA) is 94.0 Å². The average Bonchev–Trinajstić information content (AvgIpc) is 2.99. The van der Waals surface area contributed by atoms with Crippen LogP contribution in [0.15, 0.2) is 12.3 Å². The van der Waals surface area contributed by atoms with E-state index >= 15 is 0 Å². The lowest BCUT2D eigenvalue weighted by Gasteiger charge is -2.02. The van der Waals surface area contributed by atoms with Gasteiger partial charge in [-0.15, -0.1) is 0 Å². The summed E-state index contributed by atoms with van der Waals surface area (Å²) in [4.78, 5) is 19.3. The zero-order valence-corrected chi connectivity index (χ0v) is 8.42. The van der Waals surface area contributed by atoms with Gasteiger partial charge in [0, 0.05) is 6.04 Å². The third-order valence-corrected chi connectivity index (χ3v) is 2.65. The van der Waals surface area contributed by atoms with E-state index in [1.807, 2.05) is 0 Å². The van der Waals surface area contributed by atoms with E-state index in [9.17, 15) is 4.79 Å². The number of nitrogens with zero attached hydrogens (tertiary/aromatic N) is 3. The van der Waals surface area contributed by atoms with Crippen molar-refractivity contribution in [1.29, 1.82) is 0 Å². The molecular weight excluding hydrogens is 208 g/mol. The number of aromatic carboxylic acids is 1. The van der Waals surface area contributed by atoms with Crippen molar-refractivity contribution >= 4 is 22.8 Å². The van der Waals surface area contributed by atoms with Gasteiger partial charge in [-0.3, -0.25) is 4.57 Å². The summed E-state index contributed by atoms with van der Waals surface area (Å²) >= 11 is 0. The largest absolute Gasteiger partial charge is 0.475 e.